The van der Waals surface area contributed by atoms with Gasteiger partial charge in [-0.3, -0.25) is 0 Å². The number of halogens is 1. The second-order valence-corrected chi connectivity index (χ2v) is 12.4. The fraction of sp³-hybridized carbons (Fsp3) is 0.920. The number of rotatable bonds is 11. The lowest BCUT2D eigenvalue weighted by Crippen LogP contribution is -2.37. The second-order valence-electron chi connectivity index (χ2n) is 9.51. The SMILES string of the molecule is CCCCC(F)C(/C=C/C1CCC2(OCCO2)C1CCC1SCCS1)OC1CCCCO1. The largest absolute Gasteiger partial charge is 0.353 e. The molecule has 0 aromatic carbocycles. The van der Waals surface area contributed by atoms with Gasteiger partial charge >= 0.3 is 0 Å². The van der Waals surface area contributed by atoms with Gasteiger partial charge in [-0.05, 0) is 50.9 Å². The van der Waals surface area contributed by atoms with Gasteiger partial charge in [-0.25, -0.2) is 4.39 Å². The van der Waals surface area contributed by atoms with Crippen LogP contribution in [-0.4, -0.2) is 60.3 Å². The lowest BCUT2D eigenvalue weighted by molar-refractivity contribution is -0.190. The standard InChI is InChI=1S/C25H41FO4S2/c1-2-3-6-21(26)22(30-23-7-4-5-14-27-23)10-8-19-12-13-25(28-15-16-29-25)20(19)9-11-24-31-17-18-32-24/h8,10,19-24H,2-7,9,11-18H2,1H3/b10-8+. The highest BCUT2D eigenvalue weighted by atomic mass is 32.2. The van der Waals surface area contributed by atoms with Gasteiger partial charge in [0.1, 0.15) is 12.3 Å². The van der Waals surface area contributed by atoms with Crippen molar-refractivity contribution in [2.75, 3.05) is 31.3 Å². The van der Waals surface area contributed by atoms with Crippen molar-refractivity contribution in [2.45, 2.75) is 100 Å². The van der Waals surface area contributed by atoms with Crippen molar-refractivity contribution in [2.24, 2.45) is 11.8 Å². The summed E-state index contributed by atoms with van der Waals surface area (Å²) < 4.78 is 40.1. The monoisotopic (exact) mass is 488 g/mol. The molecule has 1 aliphatic carbocycles. The molecular weight excluding hydrogens is 447 g/mol. The fourth-order valence-electron chi connectivity index (χ4n) is 5.52. The van der Waals surface area contributed by atoms with E-state index < -0.39 is 18.1 Å². The highest BCUT2D eigenvalue weighted by molar-refractivity contribution is 8.20. The van der Waals surface area contributed by atoms with Crippen LogP contribution < -0.4 is 0 Å². The first-order valence-electron chi connectivity index (χ1n) is 12.8. The van der Waals surface area contributed by atoms with Crippen molar-refractivity contribution >= 4 is 23.5 Å². The summed E-state index contributed by atoms with van der Waals surface area (Å²) in [6.07, 6.45) is 12.1. The van der Waals surface area contributed by atoms with Gasteiger partial charge in [0.25, 0.3) is 0 Å². The molecule has 4 fully saturated rings. The van der Waals surface area contributed by atoms with Crippen molar-refractivity contribution in [1.82, 2.24) is 0 Å². The number of ether oxygens (including phenoxy) is 4. The van der Waals surface area contributed by atoms with E-state index in [0.717, 1.165) is 51.4 Å². The molecule has 4 aliphatic rings. The highest BCUT2D eigenvalue weighted by Crippen LogP contribution is 2.50. The summed E-state index contributed by atoms with van der Waals surface area (Å²) in [4.78, 5) is 0. The quantitative estimate of drug-likeness (QED) is 0.316. The Bertz CT molecular complexity index is 574. The molecule has 0 amide bonds. The van der Waals surface area contributed by atoms with Crippen LogP contribution in [-0.2, 0) is 18.9 Å². The van der Waals surface area contributed by atoms with E-state index in [1.54, 1.807) is 0 Å². The number of allylic oxidation sites excluding steroid dienone is 1. The topological polar surface area (TPSA) is 36.9 Å². The van der Waals surface area contributed by atoms with Crippen molar-refractivity contribution in [3.05, 3.63) is 12.2 Å². The summed E-state index contributed by atoms with van der Waals surface area (Å²) in [5.74, 6) is 2.78. The first kappa shape index (κ1) is 25.3. The minimum atomic E-state index is -0.990. The molecule has 0 bridgehead atoms. The van der Waals surface area contributed by atoms with Crippen LogP contribution in [0.3, 0.4) is 0 Å². The fourth-order valence-corrected chi connectivity index (χ4v) is 8.39. The van der Waals surface area contributed by atoms with E-state index in [4.69, 9.17) is 18.9 Å². The molecule has 3 aliphatic heterocycles. The van der Waals surface area contributed by atoms with Gasteiger partial charge in [-0.15, -0.1) is 23.5 Å². The summed E-state index contributed by atoms with van der Waals surface area (Å²) in [5.41, 5.74) is 0. The maximum atomic E-state index is 15.1. The van der Waals surface area contributed by atoms with Crippen LogP contribution in [0.25, 0.3) is 0 Å². The van der Waals surface area contributed by atoms with E-state index in [-0.39, 0.29) is 6.29 Å². The van der Waals surface area contributed by atoms with Crippen LogP contribution in [0.2, 0.25) is 0 Å². The number of hydrogen-bond acceptors (Lipinski definition) is 6. The maximum Gasteiger partial charge on any atom is 0.171 e. The maximum absolute atomic E-state index is 15.1. The van der Waals surface area contributed by atoms with Crippen molar-refractivity contribution in [3.8, 4) is 0 Å². The zero-order chi connectivity index (χ0) is 22.2. The van der Waals surface area contributed by atoms with Gasteiger partial charge in [0.15, 0.2) is 12.1 Å². The molecule has 5 atom stereocenters. The van der Waals surface area contributed by atoms with Crippen LogP contribution in [0.1, 0.15) is 71.1 Å². The Labute approximate surface area is 202 Å². The van der Waals surface area contributed by atoms with Crippen LogP contribution in [0.15, 0.2) is 12.2 Å². The van der Waals surface area contributed by atoms with E-state index in [0.29, 0.717) is 42.7 Å². The van der Waals surface area contributed by atoms with Crippen LogP contribution >= 0.6 is 23.5 Å². The Balaban J connectivity index is 1.42. The predicted molar refractivity (Wildman–Crippen MR) is 131 cm³/mol. The van der Waals surface area contributed by atoms with E-state index in [1.807, 2.05) is 6.08 Å². The lowest BCUT2D eigenvalue weighted by atomic mass is 9.87. The summed E-state index contributed by atoms with van der Waals surface area (Å²) in [5, 5.41) is 0. The average molecular weight is 489 g/mol. The molecule has 7 heteroatoms. The molecule has 1 saturated carbocycles. The Kier molecular flexibility index (Phi) is 10.1. The molecule has 0 radical (unpaired) electrons. The number of unbranched alkanes of at least 4 members (excludes halogenated alkanes) is 1. The summed E-state index contributed by atoms with van der Waals surface area (Å²) in [7, 11) is 0. The number of alkyl halides is 1. The Morgan fingerprint density at radius 3 is 2.62 bits per heavy atom. The Hall–Kier alpha value is 0.210. The van der Waals surface area contributed by atoms with Crippen LogP contribution in [0, 0.1) is 11.8 Å². The molecule has 184 valence electrons. The van der Waals surface area contributed by atoms with E-state index in [1.165, 1.54) is 17.9 Å². The molecule has 3 saturated heterocycles. The van der Waals surface area contributed by atoms with Gasteiger partial charge in [0.05, 0.1) is 17.8 Å². The van der Waals surface area contributed by atoms with E-state index in [9.17, 15) is 0 Å². The average Bonchev–Trinajstić information content (AvgIpc) is 3.57. The minimum absolute atomic E-state index is 0.276. The van der Waals surface area contributed by atoms with Gasteiger partial charge in [-0.2, -0.15) is 0 Å². The van der Waals surface area contributed by atoms with Crippen molar-refractivity contribution < 1.29 is 23.3 Å². The van der Waals surface area contributed by atoms with E-state index >= 15 is 4.39 Å². The van der Waals surface area contributed by atoms with Crippen molar-refractivity contribution in [1.29, 1.82) is 0 Å². The molecule has 0 aromatic heterocycles. The molecule has 0 N–H and O–H groups in total. The smallest absolute Gasteiger partial charge is 0.171 e. The van der Waals surface area contributed by atoms with Crippen LogP contribution in [0.4, 0.5) is 4.39 Å². The molecule has 4 nitrogen and oxygen atoms in total. The van der Waals surface area contributed by atoms with Gasteiger partial charge < -0.3 is 18.9 Å². The molecule has 0 aromatic rings. The molecule has 32 heavy (non-hydrogen) atoms. The molecule has 4 rings (SSSR count). The molecule has 3 heterocycles. The normalized spacial score (nSPS) is 32.9. The first-order chi connectivity index (χ1) is 15.7. The summed E-state index contributed by atoms with van der Waals surface area (Å²) in [6.45, 7) is 4.20. The number of thioether (sulfide) groups is 2. The Morgan fingerprint density at radius 2 is 1.91 bits per heavy atom. The Morgan fingerprint density at radius 1 is 1.09 bits per heavy atom. The second kappa shape index (κ2) is 12.8. The zero-order valence-electron chi connectivity index (χ0n) is 19.6. The number of hydrogen-bond donors (Lipinski definition) is 0. The third kappa shape index (κ3) is 6.66. The van der Waals surface area contributed by atoms with Gasteiger partial charge in [0.2, 0.25) is 0 Å². The predicted octanol–water partition coefficient (Wildman–Crippen LogP) is 6.34. The first-order valence-corrected chi connectivity index (χ1v) is 14.9. The van der Waals surface area contributed by atoms with E-state index in [2.05, 4.69) is 36.5 Å². The molecular formula is C25H41FO4S2. The van der Waals surface area contributed by atoms with Crippen LogP contribution in [0.5, 0.6) is 0 Å². The van der Waals surface area contributed by atoms with Crippen molar-refractivity contribution in [3.63, 3.8) is 0 Å². The van der Waals surface area contributed by atoms with Gasteiger partial charge in [0, 0.05) is 30.5 Å². The molecule has 1 spiro atoms. The zero-order valence-corrected chi connectivity index (χ0v) is 21.2. The third-order valence-corrected chi connectivity index (χ3v) is 10.4. The van der Waals surface area contributed by atoms with Gasteiger partial charge in [-0.1, -0.05) is 31.9 Å². The highest BCUT2D eigenvalue weighted by Gasteiger charge is 2.51. The lowest BCUT2D eigenvalue weighted by Gasteiger charge is -2.32. The minimum Gasteiger partial charge on any atom is -0.353 e. The summed E-state index contributed by atoms with van der Waals surface area (Å²) in [6, 6.07) is 0. The molecule has 5 unspecified atom stereocenters. The summed E-state index contributed by atoms with van der Waals surface area (Å²) >= 11 is 4.17. The third-order valence-electron chi connectivity index (χ3n) is 7.27.